The molecule has 0 bridgehead atoms. The zero-order valence-electron chi connectivity index (χ0n) is 12.5. The number of ether oxygens (including phenoxy) is 1. The lowest BCUT2D eigenvalue weighted by atomic mass is 9.81. The number of nitrogens with one attached hydrogen (secondary N) is 1. The number of benzene rings is 1. The fraction of sp³-hybridized carbons (Fsp3) is 0.625. The molecular weight excluding hydrogens is 255 g/mol. The highest BCUT2D eigenvalue weighted by molar-refractivity contribution is 5.45. The molecule has 112 valence electrons. The summed E-state index contributed by atoms with van der Waals surface area (Å²) in [6, 6.07) is 6.69. The highest BCUT2D eigenvalue weighted by Gasteiger charge is 2.33. The normalized spacial score (nSPS) is 22.8. The van der Waals surface area contributed by atoms with Crippen LogP contribution in [-0.2, 0) is 4.74 Å². The van der Waals surface area contributed by atoms with Crippen molar-refractivity contribution in [2.75, 3.05) is 44.8 Å². The standard InChI is InChI=1S/C16H25FN2O/c1-3-18-11-16(9-4-10-20-13-16)12-19(2)15-7-5-14(17)6-8-15/h5-8,18H,3-4,9-13H2,1-2H3. The molecular formula is C16H25FN2O. The van der Waals surface area contributed by atoms with E-state index in [4.69, 9.17) is 4.74 Å². The summed E-state index contributed by atoms with van der Waals surface area (Å²) in [6.45, 7) is 6.66. The Hall–Kier alpha value is -1.13. The molecule has 0 amide bonds. The van der Waals surface area contributed by atoms with Gasteiger partial charge >= 0.3 is 0 Å². The Labute approximate surface area is 121 Å². The summed E-state index contributed by atoms with van der Waals surface area (Å²) in [5.41, 5.74) is 1.20. The first-order chi connectivity index (χ1) is 9.65. The molecule has 1 fully saturated rings. The molecule has 3 nitrogen and oxygen atoms in total. The zero-order chi connectivity index (χ0) is 14.4. The summed E-state index contributed by atoms with van der Waals surface area (Å²) in [7, 11) is 2.07. The van der Waals surface area contributed by atoms with Crippen LogP contribution < -0.4 is 10.2 Å². The van der Waals surface area contributed by atoms with Crippen LogP contribution in [0.15, 0.2) is 24.3 Å². The average Bonchev–Trinajstić information content (AvgIpc) is 2.47. The Balaban J connectivity index is 2.04. The largest absolute Gasteiger partial charge is 0.381 e. The van der Waals surface area contributed by atoms with Crippen molar-refractivity contribution < 1.29 is 9.13 Å². The van der Waals surface area contributed by atoms with Crippen LogP contribution >= 0.6 is 0 Å². The molecule has 1 aliphatic heterocycles. The Morgan fingerprint density at radius 3 is 2.70 bits per heavy atom. The fourth-order valence-electron chi connectivity index (χ4n) is 2.91. The van der Waals surface area contributed by atoms with Crippen molar-refractivity contribution in [2.24, 2.45) is 5.41 Å². The molecule has 1 heterocycles. The third kappa shape index (κ3) is 3.93. The second-order valence-corrected chi connectivity index (χ2v) is 5.77. The molecule has 1 saturated heterocycles. The fourth-order valence-corrected chi connectivity index (χ4v) is 2.91. The lowest BCUT2D eigenvalue weighted by Gasteiger charge is -2.40. The van der Waals surface area contributed by atoms with Gasteiger partial charge in [-0.3, -0.25) is 0 Å². The van der Waals surface area contributed by atoms with E-state index in [0.29, 0.717) is 0 Å². The van der Waals surface area contributed by atoms with E-state index in [1.165, 1.54) is 18.6 Å². The monoisotopic (exact) mass is 280 g/mol. The minimum atomic E-state index is -0.189. The van der Waals surface area contributed by atoms with Gasteiger partial charge in [-0.1, -0.05) is 6.92 Å². The minimum Gasteiger partial charge on any atom is -0.381 e. The highest BCUT2D eigenvalue weighted by Crippen LogP contribution is 2.30. The number of hydrogen-bond donors (Lipinski definition) is 1. The van der Waals surface area contributed by atoms with E-state index < -0.39 is 0 Å². The van der Waals surface area contributed by atoms with Crippen molar-refractivity contribution in [2.45, 2.75) is 19.8 Å². The van der Waals surface area contributed by atoms with Crippen LogP contribution in [0.1, 0.15) is 19.8 Å². The Bertz CT molecular complexity index is 401. The Morgan fingerprint density at radius 1 is 1.35 bits per heavy atom. The molecule has 1 aromatic carbocycles. The van der Waals surface area contributed by atoms with Gasteiger partial charge in [0, 0.05) is 37.8 Å². The number of rotatable bonds is 6. The first kappa shape index (κ1) is 15.3. The summed E-state index contributed by atoms with van der Waals surface area (Å²) in [4.78, 5) is 2.20. The van der Waals surface area contributed by atoms with Gasteiger partial charge in [-0.25, -0.2) is 4.39 Å². The lowest BCUT2D eigenvalue weighted by Crippen LogP contribution is -2.48. The molecule has 4 heteroatoms. The van der Waals surface area contributed by atoms with Crippen LogP contribution in [-0.4, -0.2) is 39.9 Å². The van der Waals surface area contributed by atoms with Crippen molar-refractivity contribution in [1.82, 2.24) is 5.32 Å². The Kier molecular flexibility index (Phi) is 5.38. The molecule has 1 unspecified atom stereocenters. The van der Waals surface area contributed by atoms with Crippen LogP contribution in [0, 0.1) is 11.2 Å². The maximum Gasteiger partial charge on any atom is 0.123 e. The molecule has 1 atom stereocenters. The van der Waals surface area contributed by atoms with E-state index in [1.54, 1.807) is 0 Å². The zero-order valence-corrected chi connectivity index (χ0v) is 12.5. The first-order valence-electron chi connectivity index (χ1n) is 7.40. The molecule has 1 aliphatic rings. The molecule has 1 N–H and O–H groups in total. The van der Waals surface area contributed by atoms with Crippen molar-refractivity contribution in [3.05, 3.63) is 30.1 Å². The minimum absolute atomic E-state index is 0.150. The van der Waals surface area contributed by atoms with E-state index in [1.807, 2.05) is 12.1 Å². The van der Waals surface area contributed by atoms with Crippen molar-refractivity contribution >= 4 is 5.69 Å². The van der Waals surface area contributed by atoms with Gasteiger partial charge in [-0.15, -0.1) is 0 Å². The molecule has 0 spiro atoms. The topological polar surface area (TPSA) is 24.5 Å². The van der Waals surface area contributed by atoms with Gasteiger partial charge in [0.1, 0.15) is 5.82 Å². The smallest absolute Gasteiger partial charge is 0.123 e. The van der Waals surface area contributed by atoms with Gasteiger partial charge in [0.25, 0.3) is 0 Å². The van der Waals surface area contributed by atoms with Gasteiger partial charge in [0.05, 0.1) is 6.61 Å². The number of halogens is 1. The molecule has 0 aliphatic carbocycles. The maximum absolute atomic E-state index is 13.0. The summed E-state index contributed by atoms with van der Waals surface area (Å²) >= 11 is 0. The molecule has 0 saturated carbocycles. The average molecular weight is 280 g/mol. The van der Waals surface area contributed by atoms with Crippen LogP contribution in [0.5, 0.6) is 0 Å². The van der Waals surface area contributed by atoms with Crippen LogP contribution in [0.3, 0.4) is 0 Å². The number of nitrogens with zero attached hydrogens (tertiary/aromatic N) is 1. The number of anilines is 1. The summed E-state index contributed by atoms with van der Waals surface area (Å²) in [5.74, 6) is -0.189. The number of hydrogen-bond acceptors (Lipinski definition) is 3. The van der Waals surface area contributed by atoms with Gasteiger partial charge in [0.2, 0.25) is 0 Å². The van der Waals surface area contributed by atoms with Crippen molar-refractivity contribution in [3.8, 4) is 0 Å². The second kappa shape index (κ2) is 7.04. The molecule has 2 rings (SSSR count). The van der Waals surface area contributed by atoms with Crippen LogP contribution in [0.2, 0.25) is 0 Å². The van der Waals surface area contributed by atoms with Gasteiger partial charge in [0.15, 0.2) is 0 Å². The summed E-state index contributed by atoms with van der Waals surface area (Å²) < 4.78 is 18.7. The maximum atomic E-state index is 13.0. The van der Waals surface area contributed by atoms with E-state index >= 15 is 0 Å². The SMILES string of the molecule is CCNCC1(CN(C)c2ccc(F)cc2)CCCOC1. The molecule has 0 radical (unpaired) electrons. The van der Waals surface area contributed by atoms with Crippen molar-refractivity contribution in [3.63, 3.8) is 0 Å². The van der Waals surface area contributed by atoms with Crippen molar-refractivity contribution in [1.29, 1.82) is 0 Å². The third-order valence-corrected chi connectivity index (χ3v) is 3.99. The van der Waals surface area contributed by atoms with E-state index in [-0.39, 0.29) is 11.2 Å². The van der Waals surface area contributed by atoms with Gasteiger partial charge in [-0.05, 0) is 43.7 Å². The van der Waals surface area contributed by atoms with Gasteiger partial charge in [-0.2, -0.15) is 0 Å². The summed E-state index contributed by atoms with van der Waals surface area (Å²) in [6.07, 6.45) is 2.29. The Morgan fingerprint density at radius 2 is 2.10 bits per heavy atom. The quantitative estimate of drug-likeness (QED) is 0.867. The highest BCUT2D eigenvalue weighted by atomic mass is 19.1. The van der Waals surface area contributed by atoms with Crippen LogP contribution in [0.4, 0.5) is 10.1 Å². The van der Waals surface area contributed by atoms with E-state index in [2.05, 4.69) is 24.2 Å². The second-order valence-electron chi connectivity index (χ2n) is 5.77. The van der Waals surface area contributed by atoms with E-state index in [0.717, 1.165) is 45.0 Å². The predicted molar refractivity (Wildman–Crippen MR) is 80.7 cm³/mol. The molecule has 1 aromatic rings. The van der Waals surface area contributed by atoms with Crippen LogP contribution in [0.25, 0.3) is 0 Å². The molecule has 20 heavy (non-hydrogen) atoms. The predicted octanol–water partition coefficient (Wildman–Crippen LogP) is 2.67. The van der Waals surface area contributed by atoms with E-state index in [9.17, 15) is 4.39 Å². The third-order valence-electron chi connectivity index (χ3n) is 3.99. The lowest BCUT2D eigenvalue weighted by molar-refractivity contribution is -0.00248. The van der Waals surface area contributed by atoms with Gasteiger partial charge < -0.3 is 15.0 Å². The first-order valence-corrected chi connectivity index (χ1v) is 7.40. The summed E-state index contributed by atoms with van der Waals surface area (Å²) in [5, 5.41) is 3.46. The molecule has 0 aromatic heterocycles.